The van der Waals surface area contributed by atoms with Crippen LogP contribution in [0.2, 0.25) is 0 Å². The van der Waals surface area contributed by atoms with Gasteiger partial charge < -0.3 is 10.4 Å². The molecule has 1 aliphatic carbocycles. The zero-order chi connectivity index (χ0) is 13.8. The summed E-state index contributed by atoms with van der Waals surface area (Å²) in [6.07, 6.45) is 5.25. The van der Waals surface area contributed by atoms with Crippen molar-refractivity contribution in [2.75, 3.05) is 0 Å². The maximum Gasteiger partial charge on any atom is 0.269 e. The summed E-state index contributed by atoms with van der Waals surface area (Å²) in [4.78, 5) is 12.2. The van der Waals surface area contributed by atoms with Crippen LogP contribution in [0.3, 0.4) is 0 Å². The van der Waals surface area contributed by atoms with E-state index in [1.54, 1.807) is 11.7 Å². The Bertz CT molecular complexity index is 442. The van der Waals surface area contributed by atoms with Gasteiger partial charge in [-0.1, -0.05) is 26.2 Å². The van der Waals surface area contributed by atoms with Crippen molar-refractivity contribution in [3.05, 3.63) is 17.5 Å². The van der Waals surface area contributed by atoms with Crippen LogP contribution >= 0.6 is 0 Å². The van der Waals surface area contributed by atoms with Gasteiger partial charge in [-0.25, -0.2) is 0 Å². The van der Waals surface area contributed by atoms with Gasteiger partial charge >= 0.3 is 0 Å². The number of rotatable bonds is 3. The van der Waals surface area contributed by atoms with Crippen molar-refractivity contribution < 1.29 is 9.90 Å². The minimum atomic E-state index is -0.426. The largest absolute Gasteiger partial charge is 0.391 e. The van der Waals surface area contributed by atoms with Gasteiger partial charge in [0.2, 0.25) is 0 Å². The van der Waals surface area contributed by atoms with Crippen molar-refractivity contribution in [2.45, 2.75) is 57.6 Å². The molecular formula is C14H23N3O2. The van der Waals surface area contributed by atoms with Crippen LogP contribution in [0.15, 0.2) is 6.07 Å². The number of nitrogens with one attached hydrogen (secondary N) is 1. The van der Waals surface area contributed by atoms with E-state index in [0.29, 0.717) is 5.69 Å². The molecule has 0 aliphatic heterocycles. The van der Waals surface area contributed by atoms with E-state index in [9.17, 15) is 9.90 Å². The Labute approximate surface area is 114 Å². The summed E-state index contributed by atoms with van der Waals surface area (Å²) in [5, 5.41) is 17.3. The van der Waals surface area contributed by atoms with Crippen molar-refractivity contribution in [3.63, 3.8) is 0 Å². The Kier molecular flexibility index (Phi) is 4.58. The molecule has 1 heterocycles. The minimum absolute atomic E-state index is 0.130. The summed E-state index contributed by atoms with van der Waals surface area (Å²) >= 11 is 0. The van der Waals surface area contributed by atoms with E-state index >= 15 is 0 Å². The molecule has 106 valence electrons. The van der Waals surface area contributed by atoms with Crippen LogP contribution in [-0.2, 0) is 13.5 Å². The molecular weight excluding hydrogens is 242 g/mol. The van der Waals surface area contributed by atoms with E-state index in [4.69, 9.17) is 0 Å². The summed E-state index contributed by atoms with van der Waals surface area (Å²) in [5.74, 6) is -0.138. The maximum absolute atomic E-state index is 12.2. The van der Waals surface area contributed by atoms with Gasteiger partial charge in [0, 0.05) is 7.05 Å². The fraction of sp³-hybridized carbons (Fsp3) is 0.714. The Hall–Kier alpha value is -1.36. The fourth-order valence-corrected chi connectivity index (χ4v) is 2.61. The molecule has 0 saturated heterocycles. The first-order chi connectivity index (χ1) is 9.11. The molecule has 5 nitrogen and oxygen atoms in total. The van der Waals surface area contributed by atoms with Crippen LogP contribution in [0.25, 0.3) is 0 Å². The van der Waals surface area contributed by atoms with Crippen molar-refractivity contribution in [2.24, 2.45) is 7.05 Å². The van der Waals surface area contributed by atoms with Crippen molar-refractivity contribution >= 4 is 5.91 Å². The number of nitrogens with zero attached hydrogens (tertiary/aromatic N) is 2. The average Bonchev–Trinajstić information content (AvgIpc) is 2.66. The van der Waals surface area contributed by atoms with Gasteiger partial charge in [0.05, 0.1) is 17.8 Å². The number of amides is 1. The van der Waals surface area contributed by atoms with Gasteiger partial charge in [0.1, 0.15) is 5.69 Å². The topological polar surface area (TPSA) is 67.2 Å². The fourth-order valence-electron chi connectivity index (χ4n) is 2.61. The number of carbonyl (C=O) groups is 1. The molecule has 19 heavy (non-hydrogen) atoms. The van der Waals surface area contributed by atoms with Crippen LogP contribution < -0.4 is 5.32 Å². The van der Waals surface area contributed by atoms with Crippen LogP contribution in [0.4, 0.5) is 0 Å². The number of hydrogen-bond acceptors (Lipinski definition) is 3. The van der Waals surface area contributed by atoms with Crippen LogP contribution in [0, 0.1) is 0 Å². The quantitative estimate of drug-likeness (QED) is 0.812. The SMILES string of the molecule is CCc1cc(C(=O)NC2CCCCCC2O)n(C)n1. The van der Waals surface area contributed by atoms with E-state index in [1.165, 1.54) is 0 Å². The molecule has 2 unspecified atom stereocenters. The number of hydrogen-bond donors (Lipinski definition) is 2. The standard InChI is InChI=1S/C14H23N3O2/c1-3-10-9-12(17(2)16-10)14(19)15-11-7-5-4-6-8-13(11)18/h9,11,13,18H,3-8H2,1-2H3,(H,15,19). The lowest BCUT2D eigenvalue weighted by Crippen LogP contribution is -2.43. The average molecular weight is 265 g/mol. The second-order valence-corrected chi connectivity index (χ2v) is 5.28. The highest BCUT2D eigenvalue weighted by molar-refractivity contribution is 5.92. The minimum Gasteiger partial charge on any atom is -0.391 e. The zero-order valence-corrected chi connectivity index (χ0v) is 11.7. The Morgan fingerprint density at radius 1 is 1.47 bits per heavy atom. The normalized spacial score (nSPS) is 23.9. The summed E-state index contributed by atoms with van der Waals surface area (Å²) in [6.45, 7) is 2.01. The Balaban J connectivity index is 2.04. The van der Waals surface area contributed by atoms with Crippen LogP contribution in [0.1, 0.15) is 55.2 Å². The summed E-state index contributed by atoms with van der Waals surface area (Å²) in [7, 11) is 1.78. The highest BCUT2D eigenvalue weighted by Crippen LogP contribution is 2.18. The smallest absolute Gasteiger partial charge is 0.269 e. The molecule has 5 heteroatoms. The third-order valence-electron chi connectivity index (χ3n) is 3.82. The van der Waals surface area contributed by atoms with Crippen LogP contribution in [0.5, 0.6) is 0 Å². The van der Waals surface area contributed by atoms with Crippen molar-refractivity contribution in [1.82, 2.24) is 15.1 Å². The summed E-state index contributed by atoms with van der Waals surface area (Å²) in [5.41, 5.74) is 1.47. The monoisotopic (exact) mass is 265 g/mol. The first-order valence-corrected chi connectivity index (χ1v) is 7.13. The first kappa shape index (κ1) is 14.1. The van der Waals surface area contributed by atoms with E-state index in [-0.39, 0.29) is 11.9 Å². The maximum atomic E-state index is 12.2. The van der Waals surface area contributed by atoms with Gasteiger partial charge in [0.25, 0.3) is 5.91 Å². The van der Waals surface area contributed by atoms with E-state index < -0.39 is 6.10 Å². The molecule has 1 saturated carbocycles. The lowest BCUT2D eigenvalue weighted by molar-refractivity contribution is 0.0810. The second-order valence-electron chi connectivity index (χ2n) is 5.28. The molecule has 1 aromatic heterocycles. The van der Waals surface area contributed by atoms with E-state index in [0.717, 1.165) is 44.2 Å². The molecule has 0 aromatic carbocycles. The highest BCUT2D eigenvalue weighted by Gasteiger charge is 2.24. The Morgan fingerprint density at radius 3 is 2.89 bits per heavy atom. The Morgan fingerprint density at radius 2 is 2.21 bits per heavy atom. The van der Waals surface area contributed by atoms with Gasteiger partial charge in [-0.2, -0.15) is 5.10 Å². The molecule has 1 fully saturated rings. The second kappa shape index (κ2) is 6.19. The number of aliphatic hydroxyl groups is 1. The van der Waals surface area contributed by atoms with Crippen molar-refractivity contribution in [3.8, 4) is 0 Å². The van der Waals surface area contributed by atoms with Crippen LogP contribution in [-0.4, -0.2) is 32.9 Å². The molecule has 0 radical (unpaired) electrons. The molecule has 2 atom stereocenters. The highest BCUT2D eigenvalue weighted by atomic mass is 16.3. The van der Waals surface area contributed by atoms with Gasteiger partial charge in [-0.05, 0) is 25.3 Å². The number of aliphatic hydroxyl groups excluding tert-OH is 1. The zero-order valence-electron chi connectivity index (χ0n) is 11.7. The number of aromatic nitrogens is 2. The van der Waals surface area contributed by atoms with Gasteiger partial charge in [0.15, 0.2) is 0 Å². The predicted octanol–water partition coefficient (Wildman–Crippen LogP) is 1.41. The molecule has 1 aliphatic rings. The summed E-state index contributed by atoms with van der Waals surface area (Å²) in [6, 6.07) is 1.69. The van der Waals surface area contributed by atoms with Gasteiger partial charge in [-0.15, -0.1) is 0 Å². The number of aryl methyl sites for hydroxylation is 2. The lowest BCUT2D eigenvalue weighted by Gasteiger charge is -2.21. The molecule has 2 rings (SSSR count). The van der Waals surface area contributed by atoms with Gasteiger partial charge in [-0.3, -0.25) is 9.48 Å². The third kappa shape index (κ3) is 3.35. The third-order valence-corrected chi connectivity index (χ3v) is 3.82. The lowest BCUT2D eigenvalue weighted by atomic mass is 10.1. The van der Waals surface area contributed by atoms with E-state index in [2.05, 4.69) is 10.4 Å². The molecule has 1 amide bonds. The molecule has 1 aromatic rings. The van der Waals surface area contributed by atoms with Crippen molar-refractivity contribution in [1.29, 1.82) is 0 Å². The molecule has 2 N–H and O–H groups in total. The predicted molar refractivity (Wildman–Crippen MR) is 72.9 cm³/mol. The van der Waals surface area contributed by atoms with E-state index in [1.807, 2.05) is 13.0 Å². The first-order valence-electron chi connectivity index (χ1n) is 7.13. The molecule has 0 spiro atoms. The summed E-state index contributed by atoms with van der Waals surface area (Å²) < 4.78 is 1.61. The molecule has 0 bridgehead atoms. The number of carbonyl (C=O) groups excluding carboxylic acids is 1.